The number of rotatable bonds is 8. The third-order valence-electron chi connectivity index (χ3n) is 3.71. The number of benzene rings is 1. The number of fused-ring (bicyclic) bond motifs is 1. The quantitative estimate of drug-likeness (QED) is 0.759. The van der Waals surface area contributed by atoms with Crippen LogP contribution >= 0.6 is 0 Å². The van der Waals surface area contributed by atoms with Gasteiger partial charge in [-0.2, -0.15) is 5.10 Å². The van der Waals surface area contributed by atoms with Gasteiger partial charge < -0.3 is 24.6 Å². The first-order valence-corrected chi connectivity index (χ1v) is 8.03. The SMILES string of the molecule is Cc1cnn(C[C@H](C)NC[C@H](O)COc2ccc3c(c2)OCO3)c1. The molecular formula is C17H23N3O4. The van der Waals surface area contributed by atoms with Gasteiger partial charge in [0.15, 0.2) is 11.5 Å². The van der Waals surface area contributed by atoms with Gasteiger partial charge in [-0.1, -0.05) is 0 Å². The van der Waals surface area contributed by atoms with E-state index in [0.29, 0.717) is 23.8 Å². The first-order valence-electron chi connectivity index (χ1n) is 8.03. The number of ether oxygens (including phenoxy) is 3. The van der Waals surface area contributed by atoms with Gasteiger partial charge in [-0.25, -0.2) is 0 Å². The van der Waals surface area contributed by atoms with Crippen molar-refractivity contribution in [3.63, 3.8) is 0 Å². The number of nitrogens with one attached hydrogen (secondary N) is 1. The molecule has 0 unspecified atom stereocenters. The number of aryl methyl sites for hydroxylation is 1. The summed E-state index contributed by atoms with van der Waals surface area (Å²) in [6.45, 7) is 5.72. The van der Waals surface area contributed by atoms with Crippen LogP contribution in [0.3, 0.4) is 0 Å². The van der Waals surface area contributed by atoms with E-state index in [1.54, 1.807) is 18.2 Å². The van der Waals surface area contributed by atoms with E-state index in [1.165, 1.54) is 0 Å². The normalized spacial score (nSPS) is 15.3. The Balaban J connectivity index is 1.38. The zero-order valence-electron chi connectivity index (χ0n) is 13.9. The summed E-state index contributed by atoms with van der Waals surface area (Å²) in [5.74, 6) is 2.04. The van der Waals surface area contributed by atoms with Crippen molar-refractivity contribution < 1.29 is 19.3 Å². The second kappa shape index (κ2) is 7.55. The molecule has 2 aromatic rings. The number of aliphatic hydroxyl groups is 1. The fraction of sp³-hybridized carbons (Fsp3) is 0.471. The molecule has 130 valence electrons. The molecule has 7 nitrogen and oxygen atoms in total. The van der Waals surface area contributed by atoms with Crippen molar-refractivity contribution in [2.45, 2.75) is 32.5 Å². The molecule has 1 aliphatic heterocycles. The summed E-state index contributed by atoms with van der Waals surface area (Å²) in [4.78, 5) is 0. The minimum Gasteiger partial charge on any atom is -0.491 e. The summed E-state index contributed by atoms with van der Waals surface area (Å²) in [6.07, 6.45) is 3.23. The number of nitrogens with zero attached hydrogens (tertiary/aromatic N) is 2. The van der Waals surface area contributed by atoms with Crippen molar-refractivity contribution >= 4 is 0 Å². The summed E-state index contributed by atoms with van der Waals surface area (Å²) in [7, 11) is 0. The summed E-state index contributed by atoms with van der Waals surface area (Å²) >= 11 is 0. The van der Waals surface area contributed by atoms with Crippen molar-refractivity contribution in [2.75, 3.05) is 19.9 Å². The maximum Gasteiger partial charge on any atom is 0.231 e. The second-order valence-corrected chi connectivity index (χ2v) is 6.03. The van der Waals surface area contributed by atoms with Crippen LogP contribution < -0.4 is 19.5 Å². The van der Waals surface area contributed by atoms with Gasteiger partial charge in [-0.15, -0.1) is 0 Å². The van der Waals surface area contributed by atoms with E-state index in [9.17, 15) is 5.11 Å². The Morgan fingerprint density at radius 2 is 2.21 bits per heavy atom. The fourth-order valence-electron chi connectivity index (χ4n) is 2.47. The second-order valence-electron chi connectivity index (χ2n) is 6.03. The molecule has 2 atom stereocenters. The third-order valence-corrected chi connectivity index (χ3v) is 3.71. The first-order chi connectivity index (χ1) is 11.6. The van der Waals surface area contributed by atoms with Crippen molar-refractivity contribution in [2.24, 2.45) is 0 Å². The zero-order chi connectivity index (χ0) is 16.9. The van der Waals surface area contributed by atoms with Gasteiger partial charge in [0.05, 0.1) is 12.7 Å². The van der Waals surface area contributed by atoms with Gasteiger partial charge in [-0.3, -0.25) is 4.68 Å². The van der Waals surface area contributed by atoms with Gasteiger partial charge in [0, 0.05) is 24.8 Å². The Labute approximate surface area is 141 Å². The summed E-state index contributed by atoms with van der Waals surface area (Å²) in [6, 6.07) is 5.57. The van der Waals surface area contributed by atoms with E-state index in [1.807, 2.05) is 24.0 Å². The molecule has 0 radical (unpaired) electrons. The van der Waals surface area contributed by atoms with Crippen LogP contribution in [-0.4, -0.2) is 47.0 Å². The van der Waals surface area contributed by atoms with Gasteiger partial charge in [0.1, 0.15) is 18.5 Å². The highest BCUT2D eigenvalue weighted by Crippen LogP contribution is 2.35. The highest BCUT2D eigenvalue weighted by Gasteiger charge is 2.14. The molecule has 7 heteroatoms. The van der Waals surface area contributed by atoms with Crippen molar-refractivity contribution in [3.8, 4) is 17.2 Å². The molecule has 0 aliphatic carbocycles. The Bertz CT molecular complexity index is 674. The monoisotopic (exact) mass is 333 g/mol. The van der Waals surface area contributed by atoms with E-state index in [-0.39, 0.29) is 19.4 Å². The molecule has 2 heterocycles. The molecule has 3 rings (SSSR count). The number of hydrogen-bond acceptors (Lipinski definition) is 6. The van der Waals surface area contributed by atoms with Crippen molar-refractivity contribution in [1.29, 1.82) is 0 Å². The lowest BCUT2D eigenvalue weighted by Crippen LogP contribution is -2.38. The summed E-state index contributed by atoms with van der Waals surface area (Å²) in [5, 5.41) is 17.6. The molecule has 0 amide bonds. The molecule has 0 spiro atoms. The lowest BCUT2D eigenvalue weighted by Gasteiger charge is -2.17. The van der Waals surface area contributed by atoms with Crippen LogP contribution in [0.5, 0.6) is 17.2 Å². The molecule has 1 aromatic carbocycles. The van der Waals surface area contributed by atoms with Gasteiger partial charge >= 0.3 is 0 Å². The highest BCUT2D eigenvalue weighted by molar-refractivity contribution is 5.46. The van der Waals surface area contributed by atoms with Crippen molar-refractivity contribution in [3.05, 3.63) is 36.2 Å². The number of aliphatic hydroxyl groups excluding tert-OH is 1. The Hall–Kier alpha value is -2.25. The first kappa shape index (κ1) is 16.6. The van der Waals surface area contributed by atoms with Crippen LogP contribution in [0.2, 0.25) is 0 Å². The third kappa shape index (κ3) is 4.39. The summed E-state index contributed by atoms with van der Waals surface area (Å²) in [5.41, 5.74) is 1.14. The minimum absolute atomic E-state index is 0.199. The average molecular weight is 333 g/mol. The fourth-order valence-corrected chi connectivity index (χ4v) is 2.47. The molecule has 2 N–H and O–H groups in total. The van der Waals surface area contributed by atoms with E-state index in [4.69, 9.17) is 14.2 Å². The van der Waals surface area contributed by atoms with Crippen LogP contribution in [0.25, 0.3) is 0 Å². The average Bonchev–Trinajstić information content (AvgIpc) is 3.19. The van der Waals surface area contributed by atoms with Crippen LogP contribution in [-0.2, 0) is 6.54 Å². The number of aromatic nitrogens is 2. The largest absolute Gasteiger partial charge is 0.491 e. The molecule has 1 aliphatic rings. The van der Waals surface area contributed by atoms with Crippen LogP contribution in [0.4, 0.5) is 0 Å². The Kier molecular flexibility index (Phi) is 5.22. The van der Waals surface area contributed by atoms with Crippen LogP contribution in [0, 0.1) is 6.92 Å². The lowest BCUT2D eigenvalue weighted by atomic mass is 10.3. The molecule has 0 bridgehead atoms. The Morgan fingerprint density at radius 3 is 3.00 bits per heavy atom. The van der Waals surface area contributed by atoms with Gasteiger partial charge in [0.25, 0.3) is 0 Å². The molecule has 1 aromatic heterocycles. The van der Waals surface area contributed by atoms with Gasteiger partial charge in [0.2, 0.25) is 6.79 Å². The number of hydrogen-bond donors (Lipinski definition) is 2. The lowest BCUT2D eigenvalue weighted by molar-refractivity contribution is 0.103. The molecule has 0 saturated carbocycles. The standard InChI is InChI=1S/C17H23N3O4/c1-12-6-19-20(8-12)9-13(2)18-7-14(21)10-22-15-3-4-16-17(5-15)24-11-23-16/h3-6,8,13-14,18,21H,7,9-11H2,1-2H3/t13-,14-/m0/s1. The van der Waals surface area contributed by atoms with E-state index in [2.05, 4.69) is 17.3 Å². The smallest absolute Gasteiger partial charge is 0.231 e. The van der Waals surface area contributed by atoms with E-state index >= 15 is 0 Å². The maximum atomic E-state index is 10.1. The van der Waals surface area contributed by atoms with Gasteiger partial charge in [-0.05, 0) is 31.5 Å². The van der Waals surface area contributed by atoms with Crippen molar-refractivity contribution in [1.82, 2.24) is 15.1 Å². The molecule has 24 heavy (non-hydrogen) atoms. The van der Waals surface area contributed by atoms with E-state index < -0.39 is 6.10 Å². The molecular weight excluding hydrogens is 310 g/mol. The predicted octanol–water partition coefficient (Wildman–Crippen LogP) is 1.34. The predicted molar refractivity (Wildman–Crippen MR) is 88.5 cm³/mol. The molecule has 0 fully saturated rings. The maximum absolute atomic E-state index is 10.1. The Morgan fingerprint density at radius 1 is 1.38 bits per heavy atom. The zero-order valence-corrected chi connectivity index (χ0v) is 13.9. The summed E-state index contributed by atoms with van der Waals surface area (Å²) < 4.78 is 18.0. The van der Waals surface area contributed by atoms with Crippen LogP contribution in [0.1, 0.15) is 12.5 Å². The molecule has 0 saturated heterocycles. The topological polar surface area (TPSA) is 77.8 Å². The van der Waals surface area contributed by atoms with Crippen LogP contribution in [0.15, 0.2) is 30.6 Å². The highest BCUT2D eigenvalue weighted by atomic mass is 16.7. The van der Waals surface area contributed by atoms with E-state index in [0.717, 1.165) is 12.1 Å². The minimum atomic E-state index is -0.600.